The molecule has 0 aromatic heterocycles. The van der Waals surface area contributed by atoms with Gasteiger partial charge in [-0.15, -0.1) is 0 Å². The van der Waals surface area contributed by atoms with Crippen molar-refractivity contribution in [3.8, 4) is 5.75 Å². The van der Waals surface area contributed by atoms with Crippen molar-refractivity contribution in [3.63, 3.8) is 0 Å². The van der Waals surface area contributed by atoms with Crippen LogP contribution in [0.4, 0.5) is 0 Å². The fourth-order valence-corrected chi connectivity index (χ4v) is 1.85. The lowest BCUT2D eigenvalue weighted by Gasteiger charge is -2.25. The summed E-state index contributed by atoms with van der Waals surface area (Å²) >= 11 is 0. The fraction of sp³-hybridized carbons (Fsp3) is 0.538. The van der Waals surface area contributed by atoms with Gasteiger partial charge in [0.2, 0.25) is 0 Å². The minimum Gasteiger partial charge on any atom is -0.507 e. The Balaban J connectivity index is 2.70. The number of hydrogen-bond acceptors (Lipinski definition) is 3. The minimum atomic E-state index is -0.714. The number of phenols is 1. The highest BCUT2D eigenvalue weighted by Gasteiger charge is 2.16. The zero-order chi connectivity index (χ0) is 12.3. The van der Waals surface area contributed by atoms with Gasteiger partial charge >= 0.3 is 0 Å². The number of para-hydroxylation sites is 1. The normalized spacial score (nSPS) is 12.1. The van der Waals surface area contributed by atoms with E-state index in [1.807, 2.05) is 37.1 Å². The van der Waals surface area contributed by atoms with Gasteiger partial charge in [0.05, 0.1) is 5.60 Å². The van der Waals surface area contributed by atoms with Crippen LogP contribution in [0.2, 0.25) is 0 Å². The highest BCUT2D eigenvalue weighted by molar-refractivity contribution is 5.39. The molecular formula is C13H21NO2. The summed E-state index contributed by atoms with van der Waals surface area (Å²) in [5, 5.41) is 19.5. The summed E-state index contributed by atoms with van der Waals surface area (Å²) in [7, 11) is 1.93. The summed E-state index contributed by atoms with van der Waals surface area (Å²) in [6.45, 7) is 6.64. The van der Waals surface area contributed by atoms with Gasteiger partial charge in [-0.2, -0.15) is 0 Å². The first-order valence-electron chi connectivity index (χ1n) is 5.48. The van der Waals surface area contributed by atoms with Gasteiger partial charge in [-0.25, -0.2) is 0 Å². The second kappa shape index (κ2) is 4.85. The first-order chi connectivity index (χ1) is 7.29. The van der Waals surface area contributed by atoms with Crippen molar-refractivity contribution < 1.29 is 10.2 Å². The zero-order valence-corrected chi connectivity index (χ0v) is 10.5. The molecule has 3 nitrogen and oxygen atoms in total. The Morgan fingerprint density at radius 1 is 1.31 bits per heavy atom. The van der Waals surface area contributed by atoms with Crippen LogP contribution in [0, 0.1) is 6.92 Å². The Hall–Kier alpha value is -1.06. The van der Waals surface area contributed by atoms with E-state index in [0.717, 1.165) is 11.1 Å². The van der Waals surface area contributed by atoms with Gasteiger partial charge in [0.15, 0.2) is 0 Å². The quantitative estimate of drug-likeness (QED) is 0.819. The molecule has 2 N–H and O–H groups in total. The standard InChI is InChI=1S/C13H21NO2/c1-10-6-5-7-11(12(10)15)8-14(4)9-13(2,3)16/h5-7,15-16H,8-9H2,1-4H3. The molecule has 0 fully saturated rings. The number of rotatable bonds is 4. The number of phenolic OH excluding ortho intramolecular Hbond substituents is 1. The molecule has 0 amide bonds. The van der Waals surface area contributed by atoms with Crippen LogP contribution in [-0.2, 0) is 6.54 Å². The topological polar surface area (TPSA) is 43.7 Å². The van der Waals surface area contributed by atoms with E-state index in [2.05, 4.69) is 0 Å². The van der Waals surface area contributed by atoms with Crippen LogP contribution >= 0.6 is 0 Å². The predicted molar refractivity (Wildman–Crippen MR) is 65.5 cm³/mol. The maximum atomic E-state index is 9.86. The smallest absolute Gasteiger partial charge is 0.122 e. The maximum Gasteiger partial charge on any atom is 0.122 e. The monoisotopic (exact) mass is 223 g/mol. The lowest BCUT2D eigenvalue weighted by atomic mass is 10.1. The lowest BCUT2D eigenvalue weighted by Crippen LogP contribution is -2.35. The molecule has 0 radical (unpaired) electrons. The summed E-state index contributed by atoms with van der Waals surface area (Å²) < 4.78 is 0. The van der Waals surface area contributed by atoms with Crippen LogP contribution in [0.1, 0.15) is 25.0 Å². The molecular weight excluding hydrogens is 202 g/mol. The van der Waals surface area contributed by atoms with E-state index >= 15 is 0 Å². The van der Waals surface area contributed by atoms with E-state index in [9.17, 15) is 10.2 Å². The Labute approximate surface area is 97.3 Å². The van der Waals surface area contributed by atoms with E-state index in [-0.39, 0.29) is 0 Å². The maximum absolute atomic E-state index is 9.86. The molecule has 1 aromatic carbocycles. The van der Waals surface area contributed by atoms with Crippen molar-refractivity contribution in [2.45, 2.75) is 32.9 Å². The number of hydrogen-bond donors (Lipinski definition) is 2. The van der Waals surface area contributed by atoms with Crippen LogP contribution in [0.3, 0.4) is 0 Å². The summed E-state index contributed by atoms with van der Waals surface area (Å²) in [4.78, 5) is 1.99. The lowest BCUT2D eigenvalue weighted by molar-refractivity contribution is 0.0422. The predicted octanol–water partition coefficient (Wildman–Crippen LogP) is 1.90. The minimum absolute atomic E-state index is 0.352. The molecule has 16 heavy (non-hydrogen) atoms. The molecule has 0 saturated carbocycles. The van der Waals surface area contributed by atoms with E-state index in [0.29, 0.717) is 18.8 Å². The van der Waals surface area contributed by atoms with Gasteiger partial charge in [0.25, 0.3) is 0 Å². The summed E-state index contributed by atoms with van der Waals surface area (Å²) in [6.07, 6.45) is 0. The molecule has 1 aromatic rings. The first-order valence-corrected chi connectivity index (χ1v) is 5.48. The third-order valence-corrected chi connectivity index (χ3v) is 2.42. The third kappa shape index (κ3) is 3.83. The second-order valence-electron chi connectivity index (χ2n) is 5.07. The van der Waals surface area contributed by atoms with E-state index in [4.69, 9.17) is 0 Å². The van der Waals surface area contributed by atoms with Gasteiger partial charge < -0.3 is 10.2 Å². The number of nitrogens with zero attached hydrogens (tertiary/aromatic N) is 1. The Kier molecular flexibility index (Phi) is 3.94. The zero-order valence-electron chi connectivity index (χ0n) is 10.5. The number of aryl methyl sites for hydroxylation is 1. The molecule has 0 saturated heterocycles. The third-order valence-electron chi connectivity index (χ3n) is 2.42. The highest BCUT2D eigenvalue weighted by Crippen LogP contribution is 2.22. The van der Waals surface area contributed by atoms with Crippen LogP contribution in [0.15, 0.2) is 18.2 Å². The molecule has 0 atom stereocenters. The average Bonchev–Trinajstić information content (AvgIpc) is 2.09. The fourth-order valence-electron chi connectivity index (χ4n) is 1.85. The van der Waals surface area contributed by atoms with E-state index in [1.54, 1.807) is 13.8 Å². The van der Waals surface area contributed by atoms with Gasteiger partial charge in [-0.3, -0.25) is 4.90 Å². The van der Waals surface area contributed by atoms with Crippen molar-refractivity contribution in [2.75, 3.05) is 13.6 Å². The number of benzene rings is 1. The summed E-state index contributed by atoms with van der Waals surface area (Å²) in [5.41, 5.74) is 1.06. The van der Waals surface area contributed by atoms with Crippen molar-refractivity contribution in [1.82, 2.24) is 4.90 Å². The van der Waals surface area contributed by atoms with Gasteiger partial charge in [-0.1, -0.05) is 18.2 Å². The molecule has 0 bridgehead atoms. The van der Waals surface area contributed by atoms with Crippen LogP contribution in [-0.4, -0.2) is 34.3 Å². The molecule has 0 aliphatic heterocycles. The van der Waals surface area contributed by atoms with Crippen molar-refractivity contribution >= 4 is 0 Å². The SMILES string of the molecule is Cc1cccc(CN(C)CC(C)(C)O)c1O. The summed E-state index contributed by atoms with van der Waals surface area (Å²) in [6, 6.07) is 5.72. The van der Waals surface area contributed by atoms with Crippen LogP contribution < -0.4 is 0 Å². The van der Waals surface area contributed by atoms with Gasteiger partial charge in [0.1, 0.15) is 5.75 Å². The van der Waals surface area contributed by atoms with Crippen molar-refractivity contribution in [1.29, 1.82) is 0 Å². The Bertz CT molecular complexity index is 355. The number of aliphatic hydroxyl groups is 1. The molecule has 1 rings (SSSR count). The Morgan fingerprint density at radius 3 is 2.50 bits per heavy atom. The summed E-state index contributed by atoms with van der Waals surface area (Å²) in [5.74, 6) is 0.352. The van der Waals surface area contributed by atoms with Gasteiger partial charge in [-0.05, 0) is 33.4 Å². The van der Waals surface area contributed by atoms with E-state index < -0.39 is 5.60 Å². The van der Waals surface area contributed by atoms with Crippen LogP contribution in [0.25, 0.3) is 0 Å². The molecule has 0 heterocycles. The Morgan fingerprint density at radius 2 is 1.94 bits per heavy atom. The van der Waals surface area contributed by atoms with Crippen LogP contribution in [0.5, 0.6) is 5.75 Å². The number of aromatic hydroxyl groups is 1. The van der Waals surface area contributed by atoms with Crippen molar-refractivity contribution in [3.05, 3.63) is 29.3 Å². The largest absolute Gasteiger partial charge is 0.507 e. The highest BCUT2D eigenvalue weighted by atomic mass is 16.3. The van der Waals surface area contributed by atoms with E-state index in [1.165, 1.54) is 0 Å². The average molecular weight is 223 g/mol. The van der Waals surface area contributed by atoms with Crippen molar-refractivity contribution in [2.24, 2.45) is 0 Å². The first kappa shape index (κ1) is 13.0. The molecule has 0 spiro atoms. The second-order valence-corrected chi connectivity index (χ2v) is 5.07. The molecule has 3 heteroatoms. The molecule has 90 valence electrons. The molecule has 0 aliphatic rings. The van der Waals surface area contributed by atoms with Gasteiger partial charge in [0, 0.05) is 18.7 Å². The number of likely N-dealkylation sites (N-methyl/N-ethyl adjacent to an activating group) is 1. The molecule has 0 unspecified atom stereocenters. The molecule has 0 aliphatic carbocycles.